The zero-order chi connectivity index (χ0) is 15.9. The Morgan fingerprint density at radius 2 is 2.09 bits per heavy atom. The Balaban J connectivity index is 0.00000264. The third kappa shape index (κ3) is 7.08. The van der Waals surface area contributed by atoms with Crippen molar-refractivity contribution in [3.63, 3.8) is 0 Å². The maximum Gasteiger partial charge on any atom is 0.193 e. The predicted molar refractivity (Wildman–Crippen MR) is 108 cm³/mol. The van der Waals surface area contributed by atoms with Crippen LogP contribution in [0.15, 0.2) is 23.2 Å². The average molecular weight is 431 g/mol. The molecule has 0 radical (unpaired) electrons. The second-order valence-electron chi connectivity index (χ2n) is 6.27. The fourth-order valence-electron chi connectivity index (χ4n) is 2.45. The van der Waals surface area contributed by atoms with E-state index < -0.39 is 0 Å². The highest BCUT2D eigenvalue weighted by molar-refractivity contribution is 14.0. The van der Waals surface area contributed by atoms with E-state index in [4.69, 9.17) is 4.74 Å². The number of aliphatic imine (C=N–C) groups is 1. The molecule has 23 heavy (non-hydrogen) atoms. The van der Waals surface area contributed by atoms with Gasteiger partial charge in [0, 0.05) is 33.8 Å². The van der Waals surface area contributed by atoms with Gasteiger partial charge in [-0.05, 0) is 43.7 Å². The lowest BCUT2D eigenvalue weighted by molar-refractivity contribution is 0.115. The molecule has 1 N–H and O–H groups in total. The molecule has 2 rings (SSSR count). The summed E-state index contributed by atoms with van der Waals surface area (Å²) >= 11 is 0. The Bertz CT molecular complexity index is 515. The molecule has 0 aliphatic heterocycles. The molecule has 0 heterocycles. The van der Waals surface area contributed by atoms with Crippen LogP contribution in [-0.2, 0) is 11.3 Å². The van der Waals surface area contributed by atoms with Crippen LogP contribution in [0.25, 0.3) is 0 Å². The van der Waals surface area contributed by atoms with Crippen LogP contribution in [0.4, 0.5) is 0 Å². The number of halogens is 1. The fraction of sp³-hybridized carbons (Fsp3) is 0.611. The minimum Gasteiger partial charge on any atom is -0.379 e. The molecule has 1 saturated carbocycles. The van der Waals surface area contributed by atoms with Crippen molar-refractivity contribution in [1.29, 1.82) is 0 Å². The summed E-state index contributed by atoms with van der Waals surface area (Å²) in [5.41, 5.74) is 3.93. The van der Waals surface area contributed by atoms with Crippen molar-refractivity contribution in [3.05, 3.63) is 34.9 Å². The molecule has 0 spiro atoms. The van der Waals surface area contributed by atoms with E-state index in [-0.39, 0.29) is 24.0 Å². The lowest BCUT2D eigenvalue weighted by Crippen LogP contribution is -2.40. The van der Waals surface area contributed by atoms with E-state index in [0.29, 0.717) is 0 Å². The molecular formula is C18H30IN3O. The van der Waals surface area contributed by atoms with Crippen LogP contribution in [0, 0.1) is 19.8 Å². The topological polar surface area (TPSA) is 36.9 Å². The molecule has 0 atom stereocenters. The number of rotatable bonds is 7. The highest BCUT2D eigenvalue weighted by Crippen LogP contribution is 2.28. The highest BCUT2D eigenvalue weighted by atomic mass is 127. The molecule has 1 aromatic rings. The van der Waals surface area contributed by atoms with Crippen molar-refractivity contribution in [2.24, 2.45) is 10.9 Å². The molecule has 130 valence electrons. The molecule has 0 saturated heterocycles. The fourth-order valence-corrected chi connectivity index (χ4v) is 2.45. The van der Waals surface area contributed by atoms with Crippen LogP contribution in [-0.4, -0.2) is 44.7 Å². The number of hydrogen-bond donors (Lipinski definition) is 1. The predicted octanol–water partition coefficient (Wildman–Crippen LogP) is 3.36. The van der Waals surface area contributed by atoms with Crippen LogP contribution in [0.1, 0.15) is 29.5 Å². The molecule has 1 aliphatic rings. The Hall–Kier alpha value is -0.820. The Kier molecular flexibility index (Phi) is 8.91. The average Bonchev–Trinajstić information content (AvgIpc) is 3.30. The lowest BCUT2D eigenvalue weighted by Gasteiger charge is -2.22. The highest BCUT2D eigenvalue weighted by Gasteiger charge is 2.21. The number of likely N-dealkylation sites (N-methyl/N-ethyl adjacent to an activating group) is 1. The molecule has 1 aromatic carbocycles. The molecule has 5 heteroatoms. The molecule has 0 bridgehead atoms. The first-order valence-electron chi connectivity index (χ1n) is 8.16. The zero-order valence-electron chi connectivity index (χ0n) is 14.8. The van der Waals surface area contributed by atoms with Gasteiger partial charge < -0.3 is 15.0 Å². The first-order valence-corrected chi connectivity index (χ1v) is 8.16. The van der Waals surface area contributed by atoms with E-state index in [1.54, 1.807) is 0 Å². The van der Waals surface area contributed by atoms with E-state index in [2.05, 4.69) is 54.3 Å². The van der Waals surface area contributed by atoms with Gasteiger partial charge in [-0.15, -0.1) is 24.0 Å². The number of nitrogens with zero attached hydrogens (tertiary/aromatic N) is 2. The van der Waals surface area contributed by atoms with Crippen molar-refractivity contribution in [2.45, 2.75) is 33.2 Å². The van der Waals surface area contributed by atoms with E-state index in [0.717, 1.165) is 38.2 Å². The van der Waals surface area contributed by atoms with Gasteiger partial charge in [0.1, 0.15) is 0 Å². The maximum atomic E-state index is 5.69. The van der Waals surface area contributed by atoms with Gasteiger partial charge in [0.05, 0.1) is 6.61 Å². The van der Waals surface area contributed by atoms with Gasteiger partial charge in [-0.25, -0.2) is 0 Å². The Morgan fingerprint density at radius 1 is 1.35 bits per heavy atom. The molecule has 0 unspecified atom stereocenters. The van der Waals surface area contributed by atoms with E-state index >= 15 is 0 Å². The van der Waals surface area contributed by atoms with Gasteiger partial charge >= 0.3 is 0 Å². The molecule has 0 aromatic heterocycles. The van der Waals surface area contributed by atoms with Gasteiger partial charge in [0.15, 0.2) is 5.96 Å². The summed E-state index contributed by atoms with van der Waals surface area (Å²) in [6.45, 7) is 7.62. The number of ether oxygens (including phenoxy) is 1. The van der Waals surface area contributed by atoms with Gasteiger partial charge in [-0.3, -0.25) is 4.99 Å². The lowest BCUT2D eigenvalue weighted by atomic mass is 10.1. The quantitative estimate of drug-likeness (QED) is 0.312. The number of guanidine groups is 1. The number of benzene rings is 1. The second kappa shape index (κ2) is 10.1. The van der Waals surface area contributed by atoms with Crippen LogP contribution in [0.2, 0.25) is 0 Å². The first-order chi connectivity index (χ1) is 10.6. The van der Waals surface area contributed by atoms with Crippen LogP contribution < -0.4 is 5.32 Å². The van der Waals surface area contributed by atoms with Gasteiger partial charge in [0.2, 0.25) is 0 Å². The minimum atomic E-state index is 0. The minimum absolute atomic E-state index is 0. The summed E-state index contributed by atoms with van der Waals surface area (Å²) in [7, 11) is 3.88. The summed E-state index contributed by atoms with van der Waals surface area (Å²) in [5.74, 6) is 1.74. The van der Waals surface area contributed by atoms with Crippen molar-refractivity contribution in [3.8, 4) is 0 Å². The summed E-state index contributed by atoms with van der Waals surface area (Å²) in [5, 5.41) is 3.43. The van der Waals surface area contributed by atoms with E-state index in [1.165, 1.54) is 29.5 Å². The number of hydrogen-bond acceptors (Lipinski definition) is 2. The standard InChI is InChI=1S/C18H29N3O.HI/c1-14-5-8-17(15(2)11-14)12-20-18(19-3)21(4)9-10-22-13-16-6-7-16;/h5,8,11,16H,6-7,9-10,12-13H2,1-4H3,(H,19,20);1H. The summed E-state index contributed by atoms with van der Waals surface area (Å²) in [4.78, 5) is 6.47. The molecule has 0 amide bonds. The second-order valence-corrected chi connectivity index (χ2v) is 6.27. The zero-order valence-corrected chi connectivity index (χ0v) is 17.1. The largest absolute Gasteiger partial charge is 0.379 e. The van der Waals surface area contributed by atoms with E-state index in [1.807, 2.05) is 7.05 Å². The van der Waals surface area contributed by atoms with Crippen molar-refractivity contribution < 1.29 is 4.74 Å². The van der Waals surface area contributed by atoms with E-state index in [9.17, 15) is 0 Å². The summed E-state index contributed by atoms with van der Waals surface area (Å²) in [6, 6.07) is 6.56. The third-order valence-corrected chi connectivity index (χ3v) is 4.13. The number of nitrogens with one attached hydrogen (secondary N) is 1. The Morgan fingerprint density at radius 3 is 2.70 bits per heavy atom. The van der Waals surface area contributed by atoms with Crippen LogP contribution in [0.5, 0.6) is 0 Å². The first kappa shape index (κ1) is 20.2. The molecular weight excluding hydrogens is 401 g/mol. The summed E-state index contributed by atoms with van der Waals surface area (Å²) in [6.07, 6.45) is 2.68. The maximum absolute atomic E-state index is 5.69. The normalized spacial score (nSPS) is 14.3. The Labute approximate surface area is 157 Å². The smallest absolute Gasteiger partial charge is 0.193 e. The van der Waals surface area contributed by atoms with Gasteiger partial charge in [-0.2, -0.15) is 0 Å². The van der Waals surface area contributed by atoms with Crippen LogP contribution >= 0.6 is 24.0 Å². The molecule has 1 fully saturated rings. The third-order valence-electron chi connectivity index (χ3n) is 4.13. The monoisotopic (exact) mass is 431 g/mol. The van der Waals surface area contributed by atoms with Crippen molar-refractivity contribution in [2.75, 3.05) is 33.9 Å². The van der Waals surface area contributed by atoms with Crippen molar-refractivity contribution >= 4 is 29.9 Å². The number of aryl methyl sites for hydroxylation is 2. The van der Waals surface area contributed by atoms with Crippen molar-refractivity contribution in [1.82, 2.24) is 10.2 Å². The van der Waals surface area contributed by atoms with Gasteiger partial charge in [0.25, 0.3) is 0 Å². The molecule has 1 aliphatic carbocycles. The summed E-state index contributed by atoms with van der Waals surface area (Å²) < 4.78 is 5.69. The SMILES string of the molecule is CN=C(NCc1ccc(C)cc1C)N(C)CCOCC1CC1.I. The van der Waals surface area contributed by atoms with Gasteiger partial charge in [-0.1, -0.05) is 23.8 Å². The van der Waals surface area contributed by atoms with Crippen LogP contribution in [0.3, 0.4) is 0 Å². The molecule has 4 nitrogen and oxygen atoms in total.